The molecule has 1 amide bonds. The summed E-state index contributed by atoms with van der Waals surface area (Å²) in [7, 11) is 0. The van der Waals surface area contributed by atoms with Crippen LogP contribution in [0, 0.1) is 0 Å². The van der Waals surface area contributed by atoms with Crippen molar-refractivity contribution in [2.24, 2.45) is 0 Å². The molecule has 0 spiro atoms. The molecule has 0 unspecified atom stereocenters. The highest BCUT2D eigenvalue weighted by Gasteiger charge is 2.14. The average molecular weight is 325 g/mol. The van der Waals surface area contributed by atoms with E-state index in [0.29, 0.717) is 17.9 Å². The Kier molecular flexibility index (Phi) is 4.73. The van der Waals surface area contributed by atoms with Gasteiger partial charge in [0.25, 0.3) is 5.91 Å². The molecule has 0 fully saturated rings. The van der Waals surface area contributed by atoms with E-state index in [-0.39, 0.29) is 11.9 Å². The molecule has 0 atom stereocenters. The van der Waals surface area contributed by atoms with Crippen LogP contribution in [0.2, 0.25) is 0 Å². The van der Waals surface area contributed by atoms with E-state index in [4.69, 9.17) is 4.42 Å². The van der Waals surface area contributed by atoms with Crippen LogP contribution in [0.1, 0.15) is 21.8 Å². The molecule has 3 rings (SSSR count). The zero-order chi connectivity index (χ0) is 16.1. The molecule has 3 aromatic rings. The van der Waals surface area contributed by atoms with Gasteiger partial charge < -0.3 is 4.42 Å². The molecule has 23 heavy (non-hydrogen) atoms. The van der Waals surface area contributed by atoms with E-state index in [2.05, 4.69) is 15.5 Å². The van der Waals surface area contributed by atoms with Crippen LogP contribution in [0.3, 0.4) is 0 Å². The lowest BCUT2D eigenvalue weighted by Gasteiger charge is -2.05. The Labute approximate surface area is 138 Å². The largest absolute Gasteiger partial charge is 0.407 e. The van der Waals surface area contributed by atoms with Crippen LogP contribution in [-0.2, 0) is 6.42 Å². The summed E-state index contributed by atoms with van der Waals surface area (Å²) in [6.07, 6.45) is 2.46. The van der Waals surface area contributed by atoms with Crippen LogP contribution in [0.4, 0.5) is 6.01 Å². The quantitative estimate of drug-likeness (QED) is 0.725. The zero-order valence-corrected chi connectivity index (χ0v) is 13.3. The monoisotopic (exact) mass is 325 g/mol. The second-order valence-electron chi connectivity index (χ2n) is 4.82. The predicted octanol–water partition coefficient (Wildman–Crippen LogP) is 3.63. The second-order valence-corrected chi connectivity index (χ2v) is 5.67. The number of nitrogens with one attached hydrogen (secondary N) is 1. The van der Waals surface area contributed by atoms with Gasteiger partial charge in [-0.1, -0.05) is 47.6 Å². The van der Waals surface area contributed by atoms with Crippen LogP contribution in [0.5, 0.6) is 0 Å². The molecule has 0 radical (unpaired) electrons. The highest BCUT2D eigenvalue weighted by atomic mass is 32.2. The number of hydrogen-bond acceptors (Lipinski definition) is 5. The Morgan fingerprint density at radius 2 is 1.83 bits per heavy atom. The first-order chi connectivity index (χ1) is 11.3. The van der Waals surface area contributed by atoms with Crippen LogP contribution < -0.4 is 5.32 Å². The molecule has 1 aromatic heterocycles. The maximum absolute atomic E-state index is 12.3. The fourth-order valence-corrected chi connectivity index (χ4v) is 2.74. The molecular weight excluding hydrogens is 310 g/mol. The number of nitrogens with zero attached hydrogens (tertiary/aromatic N) is 2. The summed E-state index contributed by atoms with van der Waals surface area (Å²) < 4.78 is 5.49. The van der Waals surface area contributed by atoms with Crippen LogP contribution in [0.15, 0.2) is 63.9 Å². The number of thioether (sulfide) groups is 1. The minimum absolute atomic E-state index is 0.108. The summed E-state index contributed by atoms with van der Waals surface area (Å²) in [6, 6.07) is 17.3. The van der Waals surface area contributed by atoms with Crippen molar-refractivity contribution in [3.05, 3.63) is 71.6 Å². The molecule has 0 aliphatic rings. The van der Waals surface area contributed by atoms with Crippen molar-refractivity contribution in [3.63, 3.8) is 0 Å². The standard InChI is InChI=1S/C17H15N3O2S/c1-23-14-10-6-5-9-13(14)16(21)18-17-20-19-15(22-17)11-12-7-3-2-4-8-12/h2-10H,11H2,1H3,(H,18,20,21). The van der Waals surface area contributed by atoms with Crippen molar-refractivity contribution in [2.75, 3.05) is 11.6 Å². The van der Waals surface area contributed by atoms with Gasteiger partial charge in [-0.3, -0.25) is 10.1 Å². The maximum atomic E-state index is 12.3. The molecule has 116 valence electrons. The normalized spacial score (nSPS) is 10.5. The zero-order valence-electron chi connectivity index (χ0n) is 12.5. The topological polar surface area (TPSA) is 68.0 Å². The van der Waals surface area contributed by atoms with E-state index < -0.39 is 0 Å². The first kappa shape index (κ1) is 15.3. The SMILES string of the molecule is CSc1ccccc1C(=O)Nc1nnc(Cc2ccccc2)o1. The van der Waals surface area contributed by atoms with E-state index in [1.807, 2.05) is 54.8 Å². The van der Waals surface area contributed by atoms with Crippen molar-refractivity contribution in [1.82, 2.24) is 10.2 Å². The number of rotatable bonds is 5. The van der Waals surface area contributed by atoms with Gasteiger partial charge in [-0.05, 0) is 24.0 Å². The van der Waals surface area contributed by atoms with Gasteiger partial charge in [0, 0.05) is 4.90 Å². The van der Waals surface area contributed by atoms with Gasteiger partial charge >= 0.3 is 6.01 Å². The second kappa shape index (κ2) is 7.11. The van der Waals surface area contributed by atoms with Gasteiger partial charge in [0.05, 0.1) is 12.0 Å². The first-order valence-corrected chi connectivity index (χ1v) is 8.29. The summed E-state index contributed by atoms with van der Waals surface area (Å²) in [4.78, 5) is 13.2. The average Bonchev–Trinajstić information content (AvgIpc) is 3.02. The fourth-order valence-electron chi connectivity index (χ4n) is 2.14. The Hall–Kier alpha value is -2.60. The summed E-state index contributed by atoms with van der Waals surface area (Å²) in [5, 5.41) is 10.5. The van der Waals surface area contributed by atoms with Gasteiger partial charge in [-0.2, -0.15) is 0 Å². The Morgan fingerprint density at radius 3 is 2.61 bits per heavy atom. The number of anilines is 1. The van der Waals surface area contributed by atoms with Gasteiger partial charge in [-0.25, -0.2) is 0 Å². The molecule has 0 aliphatic heterocycles. The Bertz CT molecular complexity index is 802. The smallest absolute Gasteiger partial charge is 0.322 e. The summed E-state index contributed by atoms with van der Waals surface area (Å²) in [5.74, 6) is 0.203. The molecule has 0 bridgehead atoms. The van der Waals surface area contributed by atoms with E-state index in [1.54, 1.807) is 6.07 Å². The number of hydrogen-bond donors (Lipinski definition) is 1. The van der Waals surface area contributed by atoms with Crippen molar-refractivity contribution in [2.45, 2.75) is 11.3 Å². The number of amides is 1. The number of benzene rings is 2. The fraction of sp³-hybridized carbons (Fsp3) is 0.118. The third-order valence-corrected chi connectivity index (χ3v) is 4.03. The van der Waals surface area contributed by atoms with Crippen molar-refractivity contribution < 1.29 is 9.21 Å². The lowest BCUT2D eigenvalue weighted by molar-refractivity contribution is 0.102. The highest BCUT2D eigenvalue weighted by molar-refractivity contribution is 7.98. The van der Waals surface area contributed by atoms with Crippen molar-refractivity contribution >= 4 is 23.7 Å². The lowest BCUT2D eigenvalue weighted by Crippen LogP contribution is -2.13. The highest BCUT2D eigenvalue weighted by Crippen LogP contribution is 2.21. The minimum Gasteiger partial charge on any atom is -0.407 e. The number of carbonyl (C=O) groups excluding carboxylic acids is 1. The Balaban J connectivity index is 1.70. The minimum atomic E-state index is -0.259. The Morgan fingerprint density at radius 1 is 1.09 bits per heavy atom. The lowest BCUT2D eigenvalue weighted by atomic mass is 10.2. The molecule has 0 aliphatic carbocycles. The third kappa shape index (κ3) is 3.78. The third-order valence-electron chi connectivity index (χ3n) is 3.24. The molecule has 2 aromatic carbocycles. The molecular formula is C17H15N3O2S. The first-order valence-electron chi connectivity index (χ1n) is 7.07. The van der Waals surface area contributed by atoms with E-state index >= 15 is 0 Å². The molecule has 0 saturated carbocycles. The van der Waals surface area contributed by atoms with Gasteiger partial charge in [0.15, 0.2) is 0 Å². The molecule has 1 N–H and O–H groups in total. The predicted molar refractivity (Wildman–Crippen MR) is 89.7 cm³/mol. The number of carbonyl (C=O) groups is 1. The summed E-state index contributed by atoms with van der Waals surface area (Å²) in [6.45, 7) is 0. The molecule has 5 nitrogen and oxygen atoms in total. The maximum Gasteiger partial charge on any atom is 0.322 e. The van der Waals surface area contributed by atoms with Crippen LogP contribution in [0.25, 0.3) is 0 Å². The summed E-state index contributed by atoms with van der Waals surface area (Å²) in [5.41, 5.74) is 1.66. The van der Waals surface area contributed by atoms with Crippen molar-refractivity contribution in [3.8, 4) is 0 Å². The van der Waals surface area contributed by atoms with Gasteiger partial charge in [-0.15, -0.1) is 16.9 Å². The summed E-state index contributed by atoms with van der Waals surface area (Å²) >= 11 is 1.51. The van der Waals surface area contributed by atoms with Gasteiger partial charge in [0.1, 0.15) is 0 Å². The van der Waals surface area contributed by atoms with Crippen molar-refractivity contribution in [1.29, 1.82) is 0 Å². The molecule has 0 saturated heterocycles. The van der Waals surface area contributed by atoms with E-state index in [0.717, 1.165) is 10.5 Å². The van der Waals surface area contributed by atoms with Gasteiger partial charge in [0.2, 0.25) is 5.89 Å². The molecule has 6 heteroatoms. The number of aromatic nitrogens is 2. The van der Waals surface area contributed by atoms with Crippen LogP contribution >= 0.6 is 11.8 Å². The van der Waals surface area contributed by atoms with E-state index in [1.165, 1.54) is 11.8 Å². The van der Waals surface area contributed by atoms with Crippen LogP contribution in [-0.4, -0.2) is 22.4 Å². The molecule has 1 heterocycles. The van der Waals surface area contributed by atoms with E-state index in [9.17, 15) is 4.79 Å².